The molecule has 1 aromatic rings. The minimum absolute atomic E-state index is 0.232. The van der Waals surface area contributed by atoms with E-state index in [4.69, 9.17) is 4.74 Å². The summed E-state index contributed by atoms with van der Waals surface area (Å²) in [6.07, 6.45) is 7.54. The van der Waals surface area contributed by atoms with Crippen LogP contribution in [0, 0.1) is 0 Å². The van der Waals surface area contributed by atoms with Crippen LogP contribution in [0.1, 0.15) is 37.4 Å². The van der Waals surface area contributed by atoms with Gasteiger partial charge in [-0.1, -0.05) is 12.8 Å². The Hall–Kier alpha value is -0.960. The van der Waals surface area contributed by atoms with Crippen LogP contribution in [0.25, 0.3) is 0 Å². The van der Waals surface area contributed by atoms with Crippen LogP contribution in [0.2, 0.25) is 0 Å². The zero-order valence-electron chi connectivity index (χ0n) is 13.0. The zero-order chi connectivity index (χ0) is 15.6. The van der Waals surface area contributed by atoms with Gasteiger partial charge in [-0.3, -0.25) is 4.68 Å². The molecule has 3 rings (SSSR count). The van der Waals surface area contributed by atoms with Crippen LogP contribution in [0.4, 0.5) is 0 Å². The molecule has 3 heterocycles. The molecule has 0 aliphatic carbocycles. The van der Waals surface area contributed by atoms with E-state index in [1.54, 1.807) is 19.5 Å². The minimum atomic E-state index is -3.38. The molecule has 0 saturated carbocycles. The minimum Gasteiger partial charge on any atom is -0.371 e. The molecule has 124 valence electrons. The van der Waals surface area contributed by atoms with E-state index in [0.29, 0.717) is 32.8 Å². The second-order valence-electron chi connectivity index (χ2n) is 5.99. The maximum Gasteiger partial charge on any atom is 0.282 e. The molecule has 0 N–H and O–H groups in total. The van der Waals surface area contributed by atoms with E-state index in [9.17, 15) is 8.42 Å². The highest BCUT2D eigenvalue weighted by Crippen LogP contribution is 2.25. The Morgan fingerprint density at radius 3 is 2.50 bits per heavy atom. The first-order valence-corrected chi connectivity index (χ1v) is 9.32. The average Bonchev–Trinajstić information content (AvgIpc) is 2.77. The van der Waals surface area contributed by atoms with Crippen LogP contribution in [-0.2, 0) is 22.0 Å². The molecule has 1 atom stereocenters. The van der Waals surface area contributed by atoms with Gasteiger partial charge in [0.05, 0.1) is 18.9 Å². The summed E-state index contributed by atoms with van der Waals surface area (Å²) >= 11 is 0. The molecule has 8 heteroatoms. The first kappa shape index (κ1) is 15.9. The first-order chi connectivity index (χ1) is 10.6. The Morgan fingerprint density at radius 2 is 1.86 bits per heavy atom. The second kappa shape index (κ2) is 6.66. The summed E-state index contributed by atoms with van der Waals surface area (Å²) in [5.74, 6) is 0. The van der Waals surface area contributed by atoms with Gasteiger partial charge < -0.3 is 4.74 Å². The van der Waals surface area contributed by atoms with Crippen molar-refractivity contribution in [2.75, 3.05) is 32.8 Å². The molecule has 0 unspecified atom stereocenters. The SMILES string of the molecule is Cn1cc([C@@H]2CN(S(=O)(=O)N3CCCCCC3)CCO2)cn1. The Balaban J connectivity index is 1.72. The third-order valence-corrected chi connectivity index (χ3v) is 6.35. The Bertz CT molecular complexity index is 593. The van der Waals surface area contributed by atoms with Gasteiger partial charge in [0, 0.05) is 45.0 Å². The molecule has 1 aromatic heterocycles. The molecule has 2 fully saturated rings. The predicted octanol–water partition coefficient (Wildman–Crippen LogP) is 0.914. The number of aromatic nitrogens is 2. The number of rotatable bonds is 3. The lowest BCUT2D eigenvalue weighted by Gasteiger charge is -2.35. The quantitative estimate of drug-likeness (QED) is 0.827. The van der Waals surface area contributed by atoms with Gasteiger partial charge in [-0.25, -0.2) is 0 Å². The summed E-state index contributed by atoms with van der Waals surface area (Å²) in [5, 5.41) is 4.14. The van der Waals surface area contributed by atoms with Gasteiger partial charge in [0.2, 0.25) is 0 Å². The zero-order valence-corrected chi connectivity index (χ0v) is 13.8. The highest BCUT2D eigenvalue weighted by atomic mass is 32.2. The smallest absolute Gasteiger partial charge is 0.282 e. The van der Waals surface area contributed by atoms with Crippen molar-refractivity contribution in [3.8, 4) is 0 Å². The van der Waals surface area contributed by atoms with E-state index in [1.807, 2.05) is 13.2 Å². The van der Waals surface area contributed by atoms with Gasteiger partial charge >= 0.3 is 0 Å². The fourth-order valence-corrected chi connectivity index (χ4v) is 4.75. The molecular formula is C14H24N4O3S. The van der Waals surface area contributed by atoms with Crippen molar-refractivity contribution in [3.05, 3.63) is 18.0 Å². The molecule has 2 aliphatic rings. The summed E-state index contributed by atoms with van der Waals surface area (Å²) < 4.78 is 36.4. The van der Waals surface area contributed by atoms with Crippen molar-refractivity contribution in [2.24, 2.45) is 7.05 Å². The van der Waals surface area contributed by atoms with Crippen LogP contribution in [0.5, 0.6) is 0 Å². The highest BCUT2D eigenvalue weighted by Gasteiger charge is 2.35. The van der Waals surface area contributed by atoms with E-state index in [1.165, 1.54) is 0 Å². The van der Waals surface area contributed by atoms with E-state index in [-0.39, 0.29) is 6.10 Å². The third-order valence-electron chi connectivity index (χ3n) is 4.34. The molecule has 0 aromatic carbocycles. The molecular weight excluding hydrogens is 304 g/mol. The molecule has 0 spiro atoms. The van der Waals surface area contributed by atoms with E-state index < -0.39 is 10.2 Å². The Labute approximate surface area is 132 Å². The average molecular weight is 328 g/mol. The number of hydrogen-bond acceptors (Lipinski definition) is 4. The summed E-state index contributed by atoms with van der Waals surface area (Å²) in [6, 6.07) is 0. The molecule has 7 nitrogen and oxygen atoms in total. The van der Waals surface area contributed by atoms with Crippen molar-refractivity contribution in [3.63, 3.8) is 0 Å². The van der Waals surface area contributed by atoms with E-state index >= 15 is 0 Å². The van der Waals surface area contributed by atoms with Crippen molar-refractivity contribution >= 4 is 10.2 Å². The summed E-state index contributed by atoms with van der Waals surface area (Å²) in [6.45, 7) is 2.49. The van der Waals surface area contributed by atoms with Gasteiger partial charge in [0.25, 0.3) is 10.2 Å². The van der Waals surface area contributed by atoms with Crippen LogP contribution < -0.4 is 0 Å². The largest absolute Gasteiger partial charge is 0.371 e. The number of hydrogen-bond donors (Lipinski definition) is 0. The number of aryl methyl sites for hydroxylation is 1. The van der Waals surface area contributed by atoms with Gasteiger partial charge in [0.15, 0.2) is 0 Å². The maximum absolute atomic E-state index is 12.9. The van der Waals surface area contributed by atoms with Crippen molar-refractivity contribution < 1.29 is 13.2 Å². The number of morpholine rings is 1. The lowest BCUT2D eigenvalue weighted by molar-refractivity contribution is -0.00433. The van der Waals surface area contributed by atoms with Gasteiger partial charge in [-0.2, -0.15) is 22.1 Å². The first-order valence-electron chi connectivity index (χ1n) is 7.93. The number of ether oxygens (including phenoxy) is 1. The summed E-state index contributed by atoms with van der Waals surface area (Å²) in [4.78, 5) is 0. The fraction of sp³-hybridized carbons (Fsp3) is 0.786. The molecule has 0 radical (unpaired) electrons. The molecule has 0 bridgehead atoms. The van der Waals surface area contributed by atoms with Crippen LogP contribution >= 0.6 is 0 Å². The molecule has 22 heavy (non-hydrogen) atoms. The lowest BCUT2D eigenvalue weighted by atomic mass is 10.2. The third kappa shape index (κ3) is 3.34. The lowest BCUT2D eigenvalue weighted by Crippen LogP contribution is -2.49. The maximum atomic E-state index is 12.9. The monoisotopic (exact) mass is 328 g/mol. The second-order valence-corrected chi connectivity index (χ2v) is 7.91. The highest BCUT2D eigenvalue weighted by molar-refractivity contribution is 7.86. The van der Waals surface area contributed by atoms with Crippen LogP contribution in [-0.4, -0.2) is 59.6 Å². The van der Waals surface area contributed by atoms with Crippen molar-refractivity contribution in [1.29, 1.82) is 0 Å². The molecule has 2 saturated heterocycles. The van der Waals surface area contributed by atoms with Gasteiger partial charge in [0.1, 0.15) is 0 Å². The standard InChI is InChI=1S/C14H24N4O3S/c1-16-11-13(10-15-16)14-12-18(8-9-21-14)22(19,20)17-6-4-2-3-5-7-17/h10-11,14H,2-9,12H2,1H3/t14-/m0/s1. The Morgan fingerprint density at radius 1 is 1.14 bits per heavy atom. The van der Waals surface area contributed by atoms with E-state index in [0.717, 1.165) is 31.2 Å². The van der Waals surface area contributed by atoms with Crippen LogP contribution in [0.3, 0.4) is 0 Å². The summed E-state index contributed by atoms with van der Waals surface area (Å²) in [7, 11) is -1.54. The van der Waals surface area contributed by atoms with Gasteiger partial charge in [-0.05, 0) is 12.8 Å². The van der Waals surface area contributed by atoms with Crippen LogP contribution in [0.15, 0.2) is 12.4 Å². The summed E-state index contributed by atoms with van der Waals surface area (Å²) in [5.41, 5.74) is 0.929. The fourth-order valence-electron chi connectivity index (χ4n) is 3.08. The predicted molar refractivity (Wildman–Crippen MR) is 82.4 cm³/mol. The normalized spacial score (nSPS) is 26.0. The number of nitrogens with zero attached hydrogens (tertiary/aromatic N) is 4. The van der Waals surface area contributed by atoms with Crippen molar-refractivity contribution in [1.82, 2.24) is 18.4 Å². The molecule has 0 amide bonds. The van der Waals surface area contributed by atoms with Gasteiger partial charge in [-0.15, -0.1) is 0 Å². The van der Waals surface area contributed by atoms with Crippen molar-refractivity contribution in [2.45, 2.75) is 31.8 Å². The molecule has 2 aliphatic heterocycles. The topological polar surface area (TPSA) is 67.7 Å². The Kier molecular flexibility index (Phi) is 4.82. The van der Waals surface area contributed by atoms with E-state index in [2.05, 4.69) is 5.10 Å².